The van der Waals surface area contributed by atoms with Gasteiger partial charge in [-0.05, 0) is 23.3 Å². The second-order valence-corrected chi connectivity index (χ2v) is 6.05. The number of nitrogens with two attached hydrogens (primary N) is 1. The van der Waals surface area contributed by atoms with Crippen LogP contribution in [0.25, 0.3) is 0 Å². The number of hydrogen-bond acceptors (Lipinski definition) is 3. The molecule has 0 heterocycles. The summed E-state index contributed by atoms with van der Waals surface area (Å²) in [6.45, 7) is 0.989. The zero-order valence-corrected chi connectivity index (χ0v) is 12.1. The summed E-state index contributed by atoms with van der Waals surface area (Å²) in [7, 11) is -0.896. The summed E-state index contributed by atoms with van der Waals surface area (Å²) in [5.41, 5.74) is 7.70. The highest BCUT2D eigenvalue weighted by molar-refractivity contribution is 7.84. The molecule has 1 atom stereocenters. The molecule has 2 aromatic rings. The first-order valence-corrected chi connectivity index (χ1v) is 8.07. The first-order chi connectivity index (χ1) is 9.78. The van der Waals surface area contributed by atoms with Crippen molar-refractivity contribution in [1.82, 2.24) is 0 Å². The largest absolute Gasteiger partial charge is 0.493 e. The van der Waals surface area contributed by atoms with Crippen LogP contribution in [0.15, 0.2) is 54.6 Å². The van der Waals surface area contributed by atoms with Crippen molar-refractivity contribution < 1.29 is 8.95 Å². The Morgan fingerprint density at radius 3 is 2.30 bits per heavy atom. The first-order valence-electron chi connectivity index (χ1n) is 6.58. The van der Waals surface area contributed by atoms with Gasteiger partial charge in [-0.1, -0.05) is 42.5 Å². The van der Waals surface area contributed by atoms with Gasteiger partial charge in [-0.15, -0.1) is 0 Å². The average molecular weight is 289 g/mol. The quantitative estimate of drug-likeness (QED) is 0.852. The van der Waals surface area contributed by atoms with Gasteiger partial charge < -0.3 is 10.5 Å². The fourth-order valence-electron chi connectivity index (χ4n) is 1.81. The molecule has 0 radical (unpaired) electrons. The molecule has 2 N–H and O–H groups in total. The van der Waals surface area contributed by atoms with Crippen molar-refractivity contribution in [2.24, 2.45) is 5.73 Å². The number of hydrogen-bond donors (Lipinski definition) is 1. The summed E-state index contributed by atoms with van der Waals surface area (Å²) < 4.78 is 17.5. The molecule has 0 aliphatic carbocycles. The number of benzene rings is 2. The Morgan fingerprint density at radius 2 is 1.65 bits per heavy atom. The Labute approximate surface area is 122 Å². The van der Waals surface area contributed by atoms with E-state index in [-0.39, 0.29) is 0 Å². The van der Waals surface area contributed by atoms with Gasteiger partial charge >= 0.3 is 0 Å². The van der Waals surface area contributed by atoms with Gasteiger partial charge in [0.15, 0.2) is 0 Å². The lowest BCUT2D eigenvalue weighted by Crippen LogP contribution is -2.10. The van der Waals surface area contributed by atoms with Crippen LogP contribution in [0.2, 0.25) is 0 Å². The van der Waals surface area contributed by atoms with Gasteiger partial charge in [0, 0.05) is 23.1 Å². The molecule has 0 aliphatic rings. The number of rotatable bonds is 7. The van der Waals surface area contributed by atoms with Crippen molar-refractivity contribution >= 4 is 10.8 Å². The summed E-state index contributed by atoms with van der Waals surface area (Å²) in [5.74, 6) is 1.91. The van der Waals surface area contributed by atoms with Gasteiger partial charge in [-0.2, -0.15) is 0 Å². The molecule has 20 heavy (non-hydrogen) atoms. The summed E-state index contributed by atoms with van der Waals surface area (Å²) in [6.07, 6.45) is 0. The van der Waals surface area contributed by atoms with Crippen molar-refractivity contribution in [2.75, 3.05) is 12.4 Å². The topological polar surface area (TPSA) is 52.3 Å². The van der Waals surface area contributed by atoms with E-state index in [1.54, 1.807) is 0 Å². The van der Waals surface area contributed by atoms with Crippen LogP contribution in [-0.4, -0.2) is 16.6 Å². The fraction of sp³-hybridized carbons (Fsp3) is 0.250. The van der Waals surface area contributed by atoms with Gasteiger partial charge in [-0.25, -0.2) is 0 Å². The molecule has 0 bridgehead atoms. The van der Waals surface area contributed by atoms with Crippen LogP contribution in [-0.2, 0) is 23.1 Å². The molecular weight excluding hydrogens is 270 g/mol. The van der Waals surface area contributed by atoms with E-state index < -0.39 is 10.8 Å². The van der Waals surface area contributed by atoms with E-state index in [1.807, 2.05) is 54.6 Å². The second kappa shape index (κ2) is 7.82. The van der Waals surface area contributed by atoms with E-state index in [4.69, 9.17) is 10.5 Å². The summed E-state index contributed by atoms with van der Waals surface area (Å²) >= 11 is 0. The Balaban J connectivity index is 1.73. The molecule has 4 heteroatoms. The minimum Gasteiger partial charge on any atom is -0.493 e. The Bertz CT molecular complexity index is 540. The number of ether oxygens (including phenoxy) is 1. The fourth-order valence-corrected chi connectivity index (χ4v) is 2.78. The summed E-state index contributed by atoms with van der Waals surface area (Å²) in [6, 6.07) is 17.5. The maximum Gasteiger partial charge on any atom is 0.119 e. The van der Waals surface area contributed by atoms with Gasteiger partial charge in [0.1, 0.15) is 5.75 Å². The monoisotopic (exact) mass is 289 g/mol. The maximum atomic E-state index is 11.9. The second-order valence-electron chi connectivity index (χ2n) is 4.47. The standard InChI is InChI=1S/C16H19NO2S/c17-12-14-6-8-16(9-7-14)19-10-11-20(18)13-15-4-2-1-3-5-15/h1-9H,10-13,17H2. The van der Waals surface area contributed by atoms with Gasteiger partial charge in [0.2, 0.25) is 0 Å². The highest BCUT2D eigenvalue weighted by Crippen LogP contribution is 2.12. The molecule has 2 aromatic carbocycles. The predicted molar refractivity (Wildman–Crippen MR) is 83.0 cm³/mol. The van der Waals surface area contributed by atoms with Crippen molar-refractivity contribution in [3.05, 3.63) is 65.7 Å². The molecule has 0 aromatic heterocycles. The predicted octanol–water partition coefficient (Wildman–Crippen LogP) is 2.47. The lowest BCUT2D eigenvalue weighted by molar-refractivity contribution is 0.342. The molecule has 0 aliphatic heterocycles. The molecule has 0 saturated heterocycles. The van der Waals surface area contributed by atoms with E-state index in [2.05, 4.69) is 0 Å². The van der Waals surface area contributed by atoms with E-state index in [9.17, 15) is 4.21 Å². The molecule has 1 unspecified atom stereocenters. The van der Waals surface area contributed by atoms with E-state index in [1.165, 1.54) is 0 Å². The molecule has 0 amide bonds. The molecule has 0 fully saturated rings. The maximum absolute atomic E-state index is 11.9. The third-order valence-electron chi connectivity index (χ3n) is 2.91. The van der Waals surface area contributed by atoms with Crippen LogP contribution >= 0.6 is 0 Å². The van der Waals surface area contributed by atoms with E-state index in [0.717, 1.165) is 16.9 Å². The Morgan fingerprint density at radius 1 is 0.950 bits per heavy atom. The molecular formula is C16H19NO2S. The van der Waals surface area contributed by atoms with Gasteiger partial charge in [0.25, 0.3) is 0 Å². The van der Waals surface area contributed by atoms with Crippen LogP contribution in [0.4, 0.5) is 0 Å². The van der Waals surface area contributed by atoms with Gasteiger partial charge in [-0.3, -0.25) is 4.21 Å². The molecule has 0 spiro atoms. The highest BCUT2D eigenvalue weighted by atomic mass is 32.2. The van der Waals surface area contributed by atoms with Crippen LogP contribution in [0, 0.1) is 0 Å². The van der Waals surface area contributed by atoms with E-state index >= 15 is 0 Å². The zero-order chi connectivity index (χ0) is 14.2. The van der Waals surface area contributed by atoms with Crippen molar-refractivity contribution in [1.29, 1.82) is 0 Å². The average Bonchev–Trinajstić information content (AvgIpc) is 2.49. The van der Waals surface area contributed by atoms with Crippen LogP contribution in [0.3, 0.4) is 0 Å². The van der Waals surface area contributed by atoms with Crippen LogP contribution < -0.4 is 10.5 Å². The molecule has 3 nitrogen and oxygen atoms in total. The van der Waals surface area contributed by atoms with Crippen LogP contribution in [0.1, 0.15) is 11.1 Å². The zero-order valence-electron chi connectivity index (χ0n) is 11.3. The summed E-state index contributed by atoms with van der Waals surface area (Å²) in [4.78, 5) is 0. The SMILES string of the molecule is NCc1ccc(OCCS(=O)Cc2ccccc2)cc1. The first kappa shape index (κ1) is 14.8. The molecule has 106 valence electrons. The lowest BCUT2D eigenvalue weighted by Gasteiger charge is -2.07. The lowest BCUT2D eigenvalue weighted by atomic mass is 10.2. The highest BCUT2D eigenvalue weighted by Gasteiger charge is 2.02. The van der Waals surface area contributed by atoms with Crippen LogP contribution in [0.5, 0.6) is 5.75 Å². The third kappa shape index (κ3) is 4.79. The smallest absolute Gasteiger partial charge is 0.119 e. The van der Waals surface area contributed by atoms with Crippen molar-refractivity contribution in [2.45, 2.75) is 12.3 Å². The summed E-state index contributed by atoms with van der Waals surface area (Å²) in [5, 5.41) is 0. The molecule has 0 saturated carbocycles. The minimum absolute atomic E-state index is 0.460. The third-order valence-corrected chi connectivity index (χ3v) is 4.19. The normalized spacial score (nSPS) is 12.1. The van der Waals surface area contributed by atoms with Gasteiger partial charge in [0.05, 0.1) is 12.4 Å². The van der Waals surface area contributed by atoms with Crippen molar-refractivity contribution in [3.63, 3.8) is 0 Å². The Hall–Kier alpha value is -1.65. The molecule has 2 rings (SSSR count). The van der Waals surface area contributed by atoms with Crippen molar-refractivity contribution in [3.8, 4) is 5.75 Å². The van der Waals surface area contributed by atoms with E-state index in [0.29, 0.717) is 24.7 Å². The minimum atomic E-state index is -0.896. The Kier molecular flexibility index (Phi) is 5.77.